The van der Waals surface area contributed by atoms with Crippen molar-refractivity contribution in [1.82, 2.24) is 18.7 Å². The molecular formula is C15H14BrClN4O2. The molecule has 3 aromatic rings. The molecule has 2 aromatic heterocycles. The minimum Gasteiger partial charge on any atom is -0.316 e. The van der Waals surface area contributed by atoms with Gasteiger partial charge in [0.05, 0.1) is 6.54 Å². The molecule has 0 atom stereocenters. The van der Waals surface area contributed by atoms with E-state index >= 15 is 0 Å². The zero-order chi connectivity index (χ0) is 16.9. The third-order valence-corrected chi connectivity index (χ3v) is 5.00. The molecule has 0 saturated carbocycles. The highest BCUT2D eigenvalue weighted by molar-refractivity contribution is 9.10. The topological polar surface area (TPSA) is 61.8 Å². The van der Waals surface area contributed by atoms with Crippen LogP contribution < -0.4 is 11.2 Å². The lowest BCUT2D eigenvalue weighted by atomic mass is 10.1. The van der Waals surface area contributed by atoms with Crippen LogP contribution in [0, 0.1) is 6.92 Å². The number of halogens is 2. The second-order valence-corrected chi connectivity index (χ2v) is 6.54. The average molecular weight is 398 g/mol. The molecule has 0 aliphatic rings. The van der Waals surface area contributed by atoms with Crippen LogP contribution in [0.5, 0.6) is 0 Å². The summed E-state index contributed by atoms with van der Waals surface area (Å²) in [7, 11) is 3.33. The molecule has 0 aliphatic carbocycles. The highest BCUT2D eigenvalue weighted by Crippen LogP contribution is 2.17. The SMILES string of the molecule is Cc1cc(Cn2c(=O)c3c(nc(Br)n3C)n(C)c2=O)ccc1Cl. The van der Waals surface area contributed by atoms with Gasteiger partial charge in [-0.05, 0) is 40.0 Å². The number of nitrogens with zero attached hydrogens (tertiary/aromatic N) is 4. The Kier molecular flexibility index (Phi) is 3.93. The van der Waals surface area contributed by atoms with E-state index < -0.39 is 5.69 Å². The van der Waals surface area contributed by atoms with Gasteiger partial charge in [-0.25, -0.2) is 9.78 Å². The lowest BCUT2D eigenvalue weighted by molar-refractivity contribution is 0.655. The van der Waals surface area contributed by atoms with Gasteiger partial charge in [0.25, 0.3) is 5.56 Å². The summed E-state index contributed by atoms with van der Waals surface area (Å²) >= 11 is 9.31. The Balaban J connectivity index is 2.25. The fourth-order valence-electron chi connectivity index (χ4n) is 2.54. The number of rotatable bonds is 2. The summed E-state index contributed by atoms with van der Waals surface area (Å²) in [5, 5.41) is 0.653. The molecule has 0 saturated heterocycles. The van der Waals surface area contributed by atoms with Gasteiger partial charge >= 0.3 is 5.69 Å². The molecule has 0 bridgehead atoms. The fraction of sp³-hybridized carbons (Fsp3) is 0.267. The molecule has 3 rings (SSSR count). The maximum Gasteiger partial charge on any atom is 0.332 e. The number of fused-ring (bicyclic) bond motifs is 1. The first kappa shape index (κ1) is 16.0. The zero-order valence-corrected chi connectivity index (χ0v) is 15.1. The minimum atomic E-state index is -0.402. The van der Waals surface area contributed by atoms with Gasteiger partial charge in [0, 0.05) is 19.1 Å². The van der Waals surface area contributed by atoms with Crippen LogP contribution in [0.25, 0.3) is 11.2 Å². The Morgan fingerprint density at radius 1 is 1.22 bits per heavy atom. The van der Waals surface area contributed by atoms with Gasteiger partial charge in [0.1, 0.15) is 0 Å². The predicted molar refractivity (Wildman–Crippen MR) is 93.2 cm³/mol. The van der Waals surface area contributed by atoms with Crippen LogP contribution in [-0.2, 0) is 20.6 Å². The molecule has 0 N–H and O–H groups in total. The molecule has 8 heteroatoms. The van der Waals surface area contributed by atoms with Gasteiger partial charge in [0.2, 0.25) is 0 Å². The van der Waals surface area contributed by atoms with E-state index in [1.165, 1.54) is 9.13 Å². The van der Waals surface area contributed by atoms with Crippen molar-refractivity contribution in [3.05, 3.63) is 59.9 Å². The molecule has 0 radical (unpaired) electrons. The molecule has 23 heavy (non-hydrogen) atoms. The second-order valence-electron chi connectivity index (χ2n) is 5.43. The van der Waals surface area contributed by atoms with Crippen molar-refractivity contribution in [2.24, 2.45) is 14.1 Å². The fourth-order valence-corrected chi connectivity index (χ4v) is 3.01. The Labute approximate surface area is 145 Å². The number of hydrogen-bond donors (Lipinski definition) is 0. The van der Waals surface area contributed by atoms with E-state index in [2.05, 4.69) is 20.9 Å². The summed E-state index contributed by atoms with van der Waals surface area (Å²) in [5.74, 6) is 0. The first-order chi connectivity index (χ1) is 10.8. The van der Waals surface area contributed by atoms with Crippen molar-refractivity contribution in [1.29, 1.82) is 0 Å². The van der Waals surface area contributed by atoms with Crippen LogP contribution in [0.2, 0.25) is 5.02 Å². The number of aryl methyl sites for hydroxylation is 3. The molecule has 120 valence electrons. The lowest BCUT2D eigenvalue weighted by Crippen LogP contribution is -2.39. The summed E-state index contributed by atoms with van der Waals surface area (Å²) in [6, 6.07) is 5.45. The monoisotopic (exact) mass is 396 g/mol. The Bertz CT molecular complexity index is 1050. The maximum absolute atomic E-state index is 12.7. The van der Waals surface area contributed by atoms with E-state index in [-0.39, 0.29) is 12.1 Å². The summed E-state index contributed by atoms with van der Waals surface area (Å²) in [4.78, 5) is 29.5. The number of hydrogen-bond acceptors (Lipinski definition) is 3. The van der Waals surface area contributed by atoms with Gasteiger partial charge in [-0.2, -0.15) is 0 Å². The second kappa shape index (κ2) is 5.65. The van der Waals surface area contributed by atoms with Crippen molar-refractivity contribution >= 4 is 38.7 Å². The summed E-state index contributed by atoms with van der Waals surface area (Å²) in [5.41, 5.74) is 1.71. The minimum absolute atomic E-state index is 0.183. The number of benzene rings is 1. The summed E-state index contributed by atoms with van der Waals surface area (Å²) in [6.07, 6.45) is 0. The quantitative estimate of drug-likeness (QED) is 0.623. The summed E-state index contributed by atoms with van der Waals surface area (Å²) < 4.78 is 4.71. The lowest BCUT2D eigenvalue weighted by Gasteiger charge is -2.09. The van der Waals surface area contributed by atoms with Crippen molar-refractivity contribution < 1.29 is 0 Å². The van der Waals surface area contributed by atoms with E-state index in [4.69, 9.17) is 11.6 Å². The van der Waals surface area contributed by atoms with Crippen molar-refractivity contribution in [2.45, 2.75) is 13.5 Å². The summed E-state index contributed by atoms with van der Waals surface area (Å²) in [6.45, 7) is 2.07. The van der Waals surface area contributed by atoms with Gasteiger partial charge in [-0.1, -0.05) is 23.7 Å². The van der Waals surface area contributed by atoms with Crippen LogP contribution in [0.1, 0.15) is 11.1 Å². The molecule has 0 spiro atoms. The van der Waals surface area contributed by atoms with Crippen LogP contribution in [0.15, 0.2) is 32.5 Å². The van der Waals surface area contributed by atoms with Crippen LogP contribution in [0.3, 0.4) is 0 Å². The van der Waals surface area contributed by atoms with Crippen LogP contribution >= 0.6 is 27.5 Å². The van der Waals surface area contributed by atoms with E-state index in [1.807, 2.05) is 19.1 Å². The molecule has 1 aromatic carbocycles. The Hall–Kier alpha value is -1.86. The van der Waals surface area contributed by atoms with Gasteiger partial charge in [0.15, 0.2) is 15.9 Å². The van der Waals surface area contributed by atoms with E-state index in [0.29, 0.717) is 20.9 Å². The normalized spacial score (nSPS) is 11.3. The first-order valence-corrected chi connectivity index (χ1v) is 8.05. The molecule has 0 fully saturated rings. The molecular weight excluding hydrogens is 384 g/mol. The van der Waals surface area contributed by atoms with Gasteiger partial charge in [-0.15, -0.1) is 0 Å². The van der Waals surface area contributed by atoms with E-state index in [9.17, 15) is 9.59 Å². The highest BCUT2D eigenvalue weighted by Gasteiger charge is 2.17. The Morgan fingerprint density at radius 3 is 2.57 bits per heavy atom. The van der Waals surface area contributed by atoms with E-state index in [0.717, 1.165) is 11.1 Å². The molecule has 0 unspecified atom stereocenters. The predicted octanol–water partition coefficient (Wildman–Crippen LogP) is 2.21. The van der Waals surface area contributed by atoms with Crippen LogP contribution in [0.4, 0.5) is 0 Å². The highest BCUT2D eigenvalue weighted by atomic mass is 79.9. The van der Waals surface area contributed by atoms with Crippen molar-refractivity contribution in [3.8, 4) is 0 Å². The number of imidazole rings is 1. The average Bonchev–Trinajstić information content (AvgIpc) is 2.81. The third-order valence-electron chi connectivity index (χ3n) is 3.87. The largest absolute Gasteiger partial charge is 0.332 e. The first-order valence-electron chi connectivity index (χ1n) is 6.88. The molecule has 0 aliphatic heterocycles. The standard InChI is InChI=1S/C15H14BrClN4O2/c1-8-6-9(4-5-10(8)17)7-21-13(22)11-12(20(3)15(21)23)18-14(16)19(11)2/h4-6H,7H2,1-3H3. The smallest absolute Gasteiger partial charge is 0.316 e. The van der Waals surface area contributed by atoms with Gasteiger partial charge < -0.3 is 4.57 Å². The maximum atomic E-state index is 12.7. The molecule has 2 heterocycles. The van der Waals surface area contributed by atoms with Crippen molar-refractivity contribution in [3.63, 3.8) is 0 Å². The zero-order valence-electron chi connectivity index (χ0n) is 12.8. The van der Waals surface area contributed by atoms with Gasteiger partial charge in [-0.3, -0.25) is 13.9 Å². The molecule has 0 amide bonds. The number of aromatic nitrogens is 4. The van der Waals surface area contributed by atoms with E-state index in [1.54, 1.807) is 24.7 Å². The third kappa shape index (κ3) is 2.53. The molecule has 6 nitrogen and oxygen atoms in total. The Morgan fingerprint density at radius 2 is 1.91 bits per heavy atom. The van der Waals surface area contributed by atoms with Crippen molar-refractivity contribution in [2.75, 3.05) is 0 Å². The van der Waals surface area contributed by atoms with Crippen LogP contribution in [-0.4, -0.2) is 18.7 Å².